The lowest BCUT2D eigenvalue weighted by Gasteiger charge is -2.28. The van der Waals surface area contributed by atoms with E-state index in [1.54, 1.807) is 19.2 Å². The molecule has 0 saturated carbocycles. The summed E-state index contributed by atoms with van der Waals surface area (Å²) < 4.78 is 17.7. The van der Waals surface area contributed by atoms with Crippen molar-refractivity contribution in [3.05, 3.63) is 35.6 Å². The lowest BCUT2D eigenvalue weighted by molar-refractivity contribution is -0.128. The Morgan fingerprint density at radius 1 is 1.45 bits per heavy atom. The SMILES string of the molecule is COCCNC(=O)C1CSC(Cc2ccc(F)cc2)C(=O)N1. The van der Waals surface area contributed by atoms with E-state index in [0.29, 0.717) is 25.3 Å². The number of hydrogen-bond acceptors (Lipinski definition) is 4. The summed E-state index contributed by atoms with van der Waals surface area (Å²) in [6, 6.07) is 5.60. The number of benzene rings is 1. The van der Waals surface area contributed by atoms with Crippen LogP contribution in [0.15, 0.2) is 24.3 Å². The van der Waals surface area contributed by atoms with Gasteiger partial charge in [0.2, 0.25) is 11.8 Å². The maximum absolute atomic E-state index is 12.9. The third kappa shape index (κ3) is 4.71. The zero-order valence-corrected chi connectivity index (χ0v) is 13.1. The van der Waals surface area contributed by atoms with Gasteiger partial charge in [0, 0.05) is 19.4 Å². The Kier molecular flexibility index (Phi) is 6.21. The molecule has 1 aromatic rings. The first kappa shape index (κ1) is 16.8. The van der Waals surface area contributed by atoms with Crippen molar-refractivity contribution < 1.29 is 18.7 Å². The predicted molar refractivity (Wildman–Crippen MR) is 83.2 cm³/mol. The van der Waals surface area contributed by atoms with E-state index >= 15 is 0 Å². The van der Waals surface area contributed by atoms with Gasteiger partial charge in [-0.2, -0.15) is 0 Å². The monoisotopic (exact) mass is 326 g/mol. The molecule has 1 aliphatic heterocycles. The zero-order valence-electron chi connectivity index (χ0n) is 12.3. The minimum absolute atomic E-state index is 0.160. The number of thioether (sulfide) groups is 1. The molecule has 120 valence electrons. The smallest absolute Gasteiger partial charge is 0.243 e. The molecule has 0 aliphatic carbocycles. The lowest BCUT2D eigenvalue weighted by atomic mass is 10.1. The summed E-state index contributed by atoms with van der Waals surface area (Å²) in [4.78, 5) is 24.0. The summed E-state index contributed by atoms with van der Waals surface area (Å²) in [6.07, 6.45) is 0.523. The van der Waals surface area contributed by atoms with Crippen molar-refractivity contribution in [2.24, 2.45) is 0 Å². The van der Waals surface area contributed by atoms with Crippen LogP contribution in [0.2, 0.25) is 0 Å². The van der Waals surface area contributed by atoms with Gasteiger partial charge in [0.15, 0.2) is 0 Å². The first-order valence-corrected chi connectivity index (χ1v) is 8.08. The number of ether oxygens (including phenoxy) is 1. The maximum atomic E-state index is 12.9. The Morgan fingerprint density at radius 3 is 2.82 bits per heavy atom. The molecule has 5 nitrogen and oxygen atoms in total. The molecule has 0 aromatic heterocycles. The molecule has 1 heterocycles. The molecule has 2 amide bonds. The highest BCUT2D eigenvalue weighted by molar-refractivity contribution is 8.00. The minimum Gasteiger partial charge on any atom is -0.383 e. The first-order valence-electron chi connectivity index (χ1n) is 7.03. The summed E-state index contributed by atoms with van der Waals surface area (Å²) in [6.45, 7) is 0.859. The van der Waals surface area contributed by atoms with Crippen molar-refractivity contribution in [1.29, 1.82) is 0 Å². The van der Waals surface area contributed by atoms with E-state index in [1.807, 2.05) is 0 Å². The highest BCUT2D eigenvalue weighted by Gasteiger charge is 2.32. The second kappa shape index (κ2) is 8.14. The first-order chi connectivity index (χ1) is 10.6. The Morgan fingerprint density at radius 2 is 2.18 bits per heavy atom. The zero-order chi connectivity index (χ0) is 15.9. The number of hydrogen-bond donors (Lipinski definition) is 2. The molecule has 7 heteroatoms. The van der Waals surface area contributed by atoms with Gasteiger partial charge in [-0.1, -0.05) is 12.1 Å². The van der Waals surface area contributed by atoms with E-state index in [0.717, 1.165) is 5.56 Å². The second-order valence-corrected chi connectivity index (χ2v) is 6.23. The third-order valence-corrected chi connectivity index (χ3v) is 4.64. The molecule has 2 N–H and O–H groups in total. The molecule has 1 aromatic carbocycles. The molecule has 0 bridgehead atoms. The van der Waals surface area contributed by atoms with Gasteiger partial charge in [-0.25, -0.2) is 4.39 Å². The van der Waals surface area contributed by atoms with Crippen LogP contribution in [0.3, 0.4) is 0 Å². The van der Waals surface area contributed by atoms with Gasteiger partial charge < -0.3 is 15.4 Å². The van der Waals surface area contributed by atoms with Gasteiger partial charge in [0.05, 0.1) is 11.9 Å². The number of methoxy groups -OCH3 is 1. The highest BCUT2D eigenvalue weighted by Crippen LogP contribution is 2.22. The molecule has 0 spiro atoms. The topological polar surface area (TPSA) is 67.4 Å². The molecule has 22 heavy (non-hydrogen) atoms. The van der Waals surface area contributed by atoms with Gasteiger partial charge in [0.25, 0.3) is 0 Å². The van der Waals surface area contributed by atoms with Crippen molar-refractivity contribution in [3.63, 3.8) is 0 Å². The molecular formula is C15H19FN2O3S. The highest BCUT2D eigenvalue weighted by atomic mass is 32.2. The van der Waals surface area contributed by atoms with Crippen molar-refractivity contribution in [1.82, 2.24) is 10.6 Å². The minimum atomic E-state index is -0.515. The average molecular weight is 326 g/mol. The van der Waals surface area contributed by atoms with E-state index in [2.05, 4.69) is 10.6 Å². The van der Waals surface area contributed by atoms with Gasteiger partial charge in [0.1, 0.15) is 11.9 Å². The molecule has 1 saturated heterocycles. The van der Waals surface area contributed by atoms with E-state index < -0.39 is 6.04 Å². The fourth-order valence-corrected chi connectivity index (χ4v) is 3.31. The largest absolute Gasteiger partial charge is 0.383 e. The van der Waals surface area contributed by atoms with Crippen LogP contribution in [0.5, 0.6) is 0 Å². The van der Waals surface area contributed by atoms with E-state index in [4.69, 9.17) is 4.74 Å². The van der Waals surface area contributed by atoms with Crippen LogP contribution in [0, 0.1) is 5.82 Å². The van der Waals surface area contributed by atoms with Crippen molar-refractivity contribution in [2.45, 2.75) is 17.7 Å². The van der Waals surface area contributed by atoms with Crippen LogP contribution < -0.4 is 10.6 Å². The summed E-state index contributed by atoms with van der Waals surface area (Å²) in [5, 5.41) is 5.19. The molecule has 0 radical (unpaired) electrons. The van der Waals surface area contributed by atoms with Crippen molar-refractivity contribution in [3.8, 4) is 0 Å². The molecule has 1 aliphatic rings. The number of nitrogens with one attached hydrogen (secondary N) is 2. The molecule has 2 rings (SSSR count). The van der Waals surface area contributed by atoms with Crippen molar-refractivity contribution >= 4 is 23.6 Å². The van der Waals surface area contributed by atoms with Crippen LogP contribution in [0.4, 0.5) is 4.39 Å². The summed E-state index contributed by atoms with van der Waals surface area (Å²) >= 11 is 1.45. The van der Waals surface area contributed by atoms with Gasteiger partial charge in [-0.15, -0.1) is 11.8 Å². The van der Waals surface area contributed by atoms with Gasteiger partial charge in [-0.3, -0.25) is 9.59 Å². The van der Waals surface area contributed by atoms with E-state index in [-0.39, 0.29) is 22.9 Å². The molecule has 1 fully saturated rings. The van der Waals surface area contributed by atoms with Crippen molar-refractivity contribution in [2.75, 3.05) is 26.0 Å². The quantitative estimate of drug-likeness (QED) is 0.757. The number of carbonyl (C=O) groups excluding carboxylic acids is 2. The van der Waals surface area contributed by atoms with Crippen LogP contribution in [-0.2, 0) is 20.7 Å². The van der Waals surface area contributed by atoms with E-state index in [9.17, 15) is 14.0 Å². The second-order valence-electron chi connectivity index (χ2n) is 5.00. The Bertz CT molecular complexity index is 524. The van der Waals surface area contributed by atoms with Gasteiger partial charge in [-0.05, 0) is 24.1 Å². The maximum Gasteiger partial charge on any atom is 0.243 e. The summed E-state index contributed by atoms with van der Waals surface area (Å²) in [5.74, 6) is -0.126. The van der Waals surface area contributed by atoms with Crippen LogP contribution in [-0.4, -0.2) is 49.1 Å². The van der Waals surface area contributed by atoms with Gasteiger partial charge >= 0.3 is 0 Å². The summed E-state index contributed by atoms with van der Waals surface area (Å²) in [5.41, 5.74) is 0.900. The Hall–Kier alpha value is -1.60. The Balaban J connectivity index is 1.83. The third-order valence-electron chi connectivity index (χ3n) is 3.33. The average Bonchev–Trinajstić information content (AvgIpc) is 2.51. The van der Waals surface area contributed by atoms with Crippen LogP contribution in [0.1, 0.15) is 5.56 Å². The Labute approximate surface area is 133 Å². The molecule has 2 unspecified atom stereocenters. The summed E-state index contributed by atoms with van der Waals surface area (Å²) in [7, 11) is 1.56. The number of halogens is 1. The number of amides is 2. The predicted octanol–water partition coefficient (Wildman–Crippen LogP) is 0.731. The molecule has 2 atom stereocenters. The molecular weight excluding hydrogens is 307 g/mol. The standard InChI is InChI=1S/C15H19FN2O3S/c1-21-7-6-17-14(19)12-9-22-13(15(20)18-12)8-10-2-4-11(16)5-3-10/h2-5,12-13H,6-9H2,1H3,(H,17,19)(H,18,20). The van der Waals surface area contributed by atoms with E-state index in [1.165, 1.54) is 23.9 Å². The fraction of sp³-hybridized carbons (Fsp3) is 0.467. The number of rotatable bonds is 6. The van der Waals surface area contributed by atoms with Crippen LogP contribution in [0.25, 0.3) is 0 Å². The fourth-order valence-electron chi connectivity index (χ4n) is 2.12. The number of carbonyl (C=O) groups is 2. The normalized spacial score (nSPS) is 21.3. The lowest BCUT2D eigenvalue weighted by Crippen LogP contribution is -2.54. The van der Waals surface area contributed by atoms with Crippen LogP contribution >= 0.6 is 11.8 Å².